The van der Waals surface area contributed by atoms with Crippen LogP contribution in [0.2, 0.25) is 0 Å². The molecule has 0 aromatic rings. The van der Waals surface area contributed by atoms with Crippen LogP contribution >= 0.6 is 12.6 Å². The molecule has 4 fully saturated rings. The van der Waals surface area contributed by atoms with Crippen LogP contribution in [0.1, 0.15) is 59.3 Å². The van der Waals surface area contributed by atoms with Crippen LogP contribution in [0.25, 0.3) is 0 Å². The lowest BCUT2D eigenvalue weighted by Gasteiger charge is -2.59. The summed E-state index contributed by atoms with van der Waals surface area (Å²) in [5.74, 6) is 0.644. The lowest BCUT2D eigenvalue weighted by molar-refractivity contribution is -0.197. The van der Waals surface area contributed by atoms with Gasteiger partial charge in [-0.3, -0.25) is 9.59 Å². The van der Waals surface area contributed by atoms with Crippen LogP contribution in [-0.2, 0) is 19.1 Å². The van der Waals surface area contributed by atoms with Crippen LogP contribution in [-0.4, -0.2) is 46.5 Å². The van der Waals surface area contributed by atoms with Gasteiger partial charge in [-0.2, -0.15) is 12.6 Å². The Labute approximate surface area is 190 Å². The maximum absolute atomic E-state index is 13.4. The number of Topliss-reactive ketones (excluding diaryl/α,β-unsaturated/α-hetero) is 1. The molecule has 4 aliphatic carbocycles. The van der Waals surface area contributed by atoms with E-state index in [4.69, 9.17) is 9.47 Å². The third-order valence-corrected chi connectivity index (χ3v) is 9.66. The third kappa shape index (κ3) is 2.74. The van der Waals surface area contributed by atoms with Crippen molar-refractivity contribution >= 4 is 24.2 Å². The number of hydrogen-bond acceptors (Lipinski definition) is 6. The van der Waals surface area contributed by atoms with E-state index < -0.39 is 17.1 Å². The maximum Gasteiger partial charge on any atom is 0.178 e. The quantitative estimate of drug-likeness (QED) is 0.645. The van der Waals surface area contributed by atoms with Crippen molar-refractivity contribution < 1.29 is 24.2 Å². The van der Waals surface area contributed by atoms with Crippen LogP contribution in [0.3, 0.4) is 0 Å². The molecule has 9 atom stereocenters. The molecule has 0 spiro atoms. The standard InChI is InChI=1S/C25H34O5S/c1-4-5-21-29-20-11-17-16-7-6-14-10-15(26)8-9-23(14,2)22(16)18(27)12-24(17,3)25(20,30-21)19(28)13-31/h8-10,16-18,20-22,27,31H,4-7,11-13H2,1-3H3/t16-,17-,18-,20+,21-,22+,23-,24-,25+/m0/s1. The average molecular weight is 447 g/mol. The number of carbonyl (C=O) groups is 2. The SMILES string of the molecule is CCC[C@H]1O[C@@H]2C[C@H]3[C@@H]4CCC5=CC(=O)C=C[C@]5(C)[C@H]4[C@@H](O)C[C@]3(C)[C@]2(C(=O)CS)O1. The second-order valence-corrected chi connectivity index (χ2v) is 11.0. The highest BCUT2D eigenvalue weighted by Gasteiger charge is 2.75. The van der Waals surface area contributed by atoms with Gasteiger partial charge in [-0.15, -0.1) is 0 Å². The Bertz CT molecular complexity index is 866. The Hall–Kier alpha value is -0.950. The van der Waals surface area contributed by atoms with Crippen molar-refractivity contribution in [3.63, 3.8) is 0 Å². The van der Waals surface area contributed by atoms with Gasteiger partial charge in [0.25, 0.3) is 0 Å². The summed E-state index contributed by atoms with van der Waals surface area (Å²) < 4.78 is 12.9. The molecule has 0 radical (unpaired) electrons. The third-order valence-electron chi connectivity index (χ3n) is 9.37. The summed E-state index contributed by atoms with van der Waals surface area (Å²) in [6.45, 7) is 6.40. The molecule has 5 rings (SSSR count). The van der Waals surface area contributed by atoms with E-state index in [1.165, 1.54) is 0 Å². The largest absolute Gasteiger partial charge is 0.393 e. The zero-order valence-corrected chi connectivity index (χ0v) is 19.6. The fourth-order valence-corrected chi connectivity index (χ4v) is 8.36. The molecule has 1 saturated heterocycles. The molecule has 6 heteroatoms. The van der Waals surface area contributed by atoms with Gasteiger partial charge in [0.05, 0.1) is 18.0 Å². The smallest absolute Gasteiger partial charge is 0.178 e. The van der Waals surface area contributed by atoms with E-state index in [9.17, 15) is 14.7 Å². The van der Waals surface area contributed by atoms with Crippen molar-refractivity contribution in [2.75, 3.05) is 5.75 Å². The zero-order valence-electron chi connectivity index (χ0n) is 18.7. The number of hydrogen-bond donors (Lipinski definition) is 2. The summed E-state index contributed by atoms with van der Waals surface area (Å²) >= 11 is 4.34. The van der Waals surface area contributed by atoms with Crippen LogP contribution in [0.15, 0.2) is 23.8 Å². The highest BCUT2D eigenvalue weighted by molar-refractivity contribution is 7.81. The van der Waals surface area contributed by atoms with E-state index in [2.05, 4.69) is 33.4 Å². The maximum atomic E-state index is 13.4. The number of ketones is 2. The molecule has 31 heavy (non-hydrogen) atoms. The molecule has 3 saturated carbocycles. The van der Waals surface area contributed by atoms with Gasteiger partial charge in [-0.05, 0) is 56.1 Å². The number of thiol groups is 1. The van der Waals surface area contributed by atoms with Crippen LogP contribution in [0.5, 0.6) is 0 Å². The number of fused-ring (bicyclic) bond motifs is 7. The first-order valence-electron chi connectivity index (χ1n) is 11.8. The molecule has 0 aromatic carbocycles. The van der Waals surface area contributed by atoms with Crippen LogP contribution in [0.4, 0.5) is 0 Å². The van der Waals surface area contributed by atoms with Crippen molar-refractivity contribution in [1.82, 2.24) is 0 Å². The first-order valence-corrected chi connectivity index (χ1v) is 12.4. The van der Waals surface area contributed by atoms with E-state index in [1.807, 2.05) is 6.08 Å². The molecule has 5 nitrogen and oxygen atoms in total. The predicted molar refractivity (Wildman–Crippen MR) is 120 cm³/mol. The number of carbonyl (C=O) groups excluding carboxylic acids is 2. The average Bonchev–Trinajstić information content (AvgIpc) is 3.20. The van der Waals surface area contributed by atoms with E-state index in [0.717, 1.165) is 37.7 Å². The van der Waals surface area contributed by atoms with Crippen LogP contribution in [0, 0.1) is 28.6 Å². The molecule has 5 aliphatic rings. The van der Waals surface area contributed by atoms with Crippen molar-refractivity contribution in [2.24, 2.45) is 28.6 Å². The van der Waals surface area contributed by atoms with Gasteiger partial charge in [-0.25, -0.2) is 0 Å². The van der Waals surface area contributed by atoms with Gasteiger partial charge < -0.3 is 14.6 Å². The van der Waals surface area contributed by atoms with E-state index in [0.29, 0.717) is 6.42 Å². The minimum Gasteiger partial charge on any atom is -0.393 e. The van der Waals surface area contributed by atoms with Crippen molar-refractivity contribution in [2.45, 2.75) is 83.4 Å². The van der Waals surface area contributed by atoms with Gasteiger partial charge >= 0.3 is 0 Å². The zero-order chi connectivity index (χ0) is 22.2. The fraction of sp³-hybridized carbons (Fsp3) is 0.760. The van der Waals surface area contributed by atoms with Crippen molar-refractivity contribution in [3.05, 3.63) is 23.8 Å². The Balaban J connectivity index is 1.55. The molecule has 1 N–H and O–H groups in total. The normalized spacial score (nSPS) is 50.4. The fourth-order valence-electron chi connectivity index (χ4n) is 8.12. The van der Waals surface area contributed by atoms with E-state index >= 15 is 0 Å². The summed E-state index contributed by atoms with van der Waals surface area (Å²) in [5, 5.41) is 11.6. The van der Waals surface area contributed by atoms with Crippen LogP contribution < -0.4 is 0 Å². The van der Waals surface area contributed by atoms with Gasteiger partial charge in [-0.1, -0.05) is 38.8 Å². The molecular formula is C25H34O5S. The first-order chi connectivity index (χ1) is 14.7. The highest BCUT2D eigenvalue weighted by atomic mass is 32.1. The Morgan fingerprint density at radius 2 is 2.13 bits per heavy atom. The molecule has 0 amide bonds. The molecular weight excluding hydrogens is 412 g/mol. The summed E-state index contributed by atoms with van der Waals surface area (Å²) in [7, 11) is 0. The second-order valence-electron chi connectivity index (χ2n) is 10.7. The number of rotatable bonds is 4. The van der Waals surface area contributed by atoms with Gasteiger partial charge in [0.15, 0.2) is 23.5 Å². The summed E-state index contributed by atoms with van der Waals surface area (Å²) in [5.41, 5.74) is -0.700. The lowest BCUT2D eigenvalue weighted by Crippen LogP contribution is -2.63. The number of aliphatic hydroxyl groups is 1. The summed E-state index contributed by atoms with van der Waals surface area (Å²) in [6, 6.07) is 0. The second kappa shape index (κ2) is 7.28. The molecule has 1 aliphatic heterocycles. The van der Waals surface area contributed by atoms with Crippen molar-refractivity contribution in [1.29, 1.82) is 0 Å². The van der Waals surface area contributed by atoms with E-state index in [-0.39, 0.29) is 52.9 Å². The minimum absolute atomic E-state index is 0.0131. The summed E-state index contributed by atoms with van der Waals surface area (Å²) in [4.78, 5) is 25.4. The molecule has 0 bridgehead atoms. The number of ether oxygens (including phenoxy) is 2. The van der Waals surface area contributed by atoms with Gasteiger partial charge in [0.2, 0.25) is 0 Å². The molecule has 170 valence electrons. The molecule has 0 unspecified atom stereocenters. The highest BCUT2D eigenvalue weighted by Crippen LogP contribution is 2.69. The number of allylic oxidation sites excluding steroid dienone is 4. The Kier molecular flexibility index (Phi) is 5.13. The van der Waals surface area contributed by atoms with E-state index in [1.54, 1.807) is 12.2 Å². The predicted octanol–water partition coefficient (Wildman–Crippen LogP) is 3.65. The molecule has 0 aromatic heterocycles. The van der Waals surface area contributed by atoms with Gasteiger partial charge in [0.1, 0.15) is 0 Å². The molecule has 1 heterocycles. The van der Waals surface area contributed by atoms with Crippen molar-refractivity contribution in [3.8, 4) is 0 Å². The van der Waals surface area contributed by atoms with Gasteiger partial charge in [0, 0.05) is 16.7 Å². The lowest BCUT2D eigenvalue weighted by atomic mass is 9.46. The number of aliphatic hydroxyl groups excluding tert-OH is 1. The minimum atomic E-state index is -1.03. The monoisotopic (exact) mass is 446 g/mol. The Morgan fingerprint density at radius 1 is 1.35 bits per heavy atom. The summed E-state index contributed by atoms with van der Waals surface area (Å²) in [6.07, 6.45) is 8.96. The Morgan fingerprint density at radius 3 is 2.84 bits per heavy atom. The first kappa shape index (κ1) is 21.9. The topological polar surface area (TPSA) is 72.8 Å².